The van der Waals surface area contributed by atoms with Gasteiger partial charge in [-0.25, -0.2) is 4.79 Å². The third kappa shape index (κ3) is 6.43. The Bertz CT molecular complexity index is 848. The number of allylic oxidation sites excluding steroid dienone is 6. The first-order chi connectivity index (χ1) is 15.7. The van der Waals surface area contributed by atoms with Crippen LogP contribution in [0.3, 0.4) is 0 Å². The van der Waals surface area contributed by atoms with Crippen molar-refractivity contribution in [3.8, 4) is 0 Å². The van der Waals surface area contributed by atoms with Gasteiger partial charge in [0.25, 0.3) is 6.47 Å². The smallest absolute Gasteiger partial charge is 0.331 e. The van der Waals surface area contributed by atoms with Crippen LogP contribution in [0.4, 0.5) is 0 Å². The molecule has 0 heterocycles. The van der Waals surface area contributed by atoms with Crippen LogP contribution in [0, 0.1) is 23.2 Å². The topological polar surface area (TPSA) is 69.7 Å². The number of esters is 1. The molecule has 5 heteroatoms. The molecule has 1 saturated carbocycles. The number of carbonyl (C=O) groups is 3. The lowest BCUT2D eigenvalue weighted by atomic mass is 9.56. The highest BCUT2D eigenvalue weighted by molar-refractivity contribution is 5.82. The number of aldehydes is 1. The number of rotatable bonds is 11. The van der Waals surface area contributed by atoms with Crippen LogP contribution >= 0.6 is 0 Å². The fraction of sp³-hybridized carbons (Fsp3) is 0.536. The van der Waals surface area contributed by atoms with E-state index < -0.39 is 23.6 Å². The Morgan fingerprint density at radius 2 is 2.00 bits per heavy atom. The third-order valence-corrected chi connectivity index (χ3v) is 7.21. The highest BCUT2D eigenvalue weighted by Crippen LogP contribution is 2.55. The standard InChI is InChI=1S/C28H38O5/c1-7-19(2)14-20(3)10-8-9-11-27(31)33-25-12-13-26(32-18-30)28(6)23(22(5)17-29)15-21(4)16-24(25)28/h8-11,16-20,23,25-26H,4-5,7,12-15H2,1-3,6H3/b10-8+,11-9+/t19?,20?,23?,25-,26+,28+/m0/s1. The second-order valence-corrected chi connectivity index (χ2v) is 9.68. The molecule has 2 rings (SSSR count). The molecule has 0 N–H and O–H groups in total. The first kappa shape index (κ1) is 26.6. The predicted molar refractivity (Wildman–Crippen MR) is 130 cm³/mol. The zero-order valence-corrected chi connectivity index (χ0v) is 20.4. The van der Waals surface area contributed by atoms with E-state index in [0.29, 0.717) is 43.1 Å². The Morgan fingerprint density at radius 3 is 2.64 bits per heavy atom. The van der Waals surface area contributed by atoms with Gasteiger partial charge in [-0.05, 0) is 48.7 Å². The minimum Gasteiger partial charge on any atom is -0.464 e. The zero-order chi connectivity index (χ0) is 24.6. The van der Waals surface area contributed by atoms with E-state index in [9.17, 15) is 14.4 Å². The van der Waals surface area contributed by atoms with Crippen molar-refractivity contribution in [3.05, 3.63) is 60.3 Å². The lowest BCUT2D eigenvalue weighted by Gasteiger charge is -2.51. The van der Waals surface area contributed by atoms with Gasteiger partial charge < -0.3 is 9.47 Å². The molecule has 33 heavy (non-hydrogen) atoms. The van der Waals surface area contributed by atoms with E-state index in [4.69, 9.17) is 9.47 Å². The van der Waals surface area contributed by atoms with E-state index in [1.165, 1.54) is 6.08 Å². The SMILES string of the molecule is C=C1C=C2[C@@H](OC(=O)/C=C/C=C/C(C)CC(C)CC)CC[C@@H](OC=O)[C@]2(C)C(C(=C)C=O)C1. The quantitative estimate of drug-likeness (QED) is 0.174. The molecule has 0 spiro atoms. The average Bonchev–Trinajstić information content (AvgIpc) is 2.78. The fourth-order valence-electron chi connectivity index (χ4n) is 5.16. The van der Waals surface area contributed by atoms with Crippen molar-refractivity contribution in [1.82, 2.24) is 0 Å². The second kappa shape index (κ2) is 12.0. The fourth-order valence-corrected chi connectivity index (χ4v) is 5.16. The highest BCUT2D eigenvalue weighted by Gasteiger charge is 2.54. The van der Waals surface area contributed by atoms with Crippen molar-refractivity contribution in [2.45, 2.75) is 72.0 Å². The summed E-state index contributed by atoms with van der Waals surface area (Å²) in [4.78, 5) is 35.3. The first-order valence-electron chi connectivity index (χ1n) is 11.9. The molecule has 0 aliphatic heterocycles. The third-order valence-electron chi connectivity index (χ3n) is 7.21. The van der Waals surface area contributed by atoms with Gasteiger partial charge in [-0.3, -0.25) is 9.59 Å². The first-order valence-corrected chi connectivity index (χ1v) is 11.9. The summed E-state index contributed by atoms with van der Waals surface area (Å²) in [5.74, 6) is 0.401. The van der Waals surface area contributed by atoms with Crippen molar-refractivity contribution in [2.24, 2.45) is 23.2 Å². The zero-order valence-electron chi connectivity index (χ0n) is 20.4. The number of fused-ring (bicyclic) bond motifs is 1. The van der Waals surface area contributed by atoms with E-state index in [0.717, 1.165) is 30.3 Å². The van der Waals surface area contributed by atoms with Crippen molar-refractivity contribution in [3.63, 3.8) is 0 Å². The lowest BCUT2D eigenvalue weighted by Crippen LogP contribution is -2.52. The Balaban J connectivity index is 2.17. The highest BCUT2D eigenvalue weighted by atomic mass is 16.5. The van der Waals surface area contributed by atoms with Crippen LogP contribution in [0.25, 0.3) is 0 Å². The summed E-state index contributed by atoms with van der Waals surface area (Å²) in [5, 5.41) is 0. The number of carbonyl (C=O) groups excluding carboxylic acids is 3. The van der Waals surface area contributed by atoms with E-state index in [1.807, 2.05) is 19.1 Å². The van der Waals surface area contributed by atoms with Gasteiger partial charge in [0.15, 0.2) is 0 Å². The van der Waals surface area contributed by atoms with Crippen LogP contribution in [0.15, 0.2) is 60.3 Å². The molecule has 0 aromatic carbocycles. The summed E-state index contributed by atoms with van der Waals surface area (Å²) in [7, 11) is 0. The van der Waals surface area contributed by atoms with E-state index in [-0.39, 0.29) is 5.92 Å². The van der Waals surface area contributed by atoms with Crippen LogP contribution in [0.5, 0.6) is 0 Å². The van der Waals surface area contributed by atoms with Crippen molar-refractivity contribution >= 4 is 18.7 Å². The van der Waals surface area contributed by atoms with Gasteiger partial charge in [0.2, 0.25) is 0 Å². The van der Waals surface area contributed by atoms with Gasteiger partial charge in [0.1, 0.15) is 18.5 Å². The van der Waals surface area contributed by atoms with Gasteiger partial charge in [-0.2, -0.15) is 0 Å². The summed E-state index contributed by atoms with van der Waals surface area (Å²) in [5.41, 5.74) is 1.38. The van der Waals surface area contributed by atoms with Crippen molar-refractivity contribution in [2.75, 3.05) is 0 Å². The Hall–Kier alpha value is -2.69. The maximum Gasteiger partial charge on any atom is 0.331 e. The van der Waals surface area contributed by atoms with E-state index in [1.54, 1.807) is 6.08 Å². The normalized spacial score (nSPS) is 29.2. The average molecular weight is 455 g/mol. The molecule has 180 valence electrons. The van der Waals surface area contributed by atoms with Gasteiger partial charge in [0, 0.05) is 17.4 Å². The van der Waals surface area contributed by atoms with Crippen LogP contribution < -0.4 is 0 Å². The van der Waals surface area contributed by atoms with E-state index >= 15 is 0 Å². The predicted octanol–water partition coefficient (Wildman–Crippen LogP) is 5.68. The van der Waals surface area contributed by atoms with Crippen molar-refractivity contribution < 1.29 is 23.9 Å². The minimum absolute atomic E-state index is 0.278. The Kier molecular flexibility index (Phi) is 9.63. The van der Waals surface area contributed by atoms with Crippen LogP contribution in [0.2, 0.25) is 0 Å². The minimum atomic E-state index is -0.696. The number of ether oxygens (including phenoxy) is 2. The summed E-state index contributed by atoms with van der Waals surface area (Å²) >= 11 is 0. The van der Waals surface area contributed by atoms with E-state index in [2.05, 4.69) is 40.0 Å². The summed E-state index contributed by atoms with van der Waals surface area (Å²) in [6.45, 7) is 17.0. The molecule has 3 unspecified atom stereocenters. The molecular formula is C28H38O5. The molecule has 0 aromatic heterocycles. The molecule has 0 radical (unpaired) electrons. The Morgan fingerprint density at radius 1 is 1.27 bits per heavy atom. The molecule has 0 saturated heterocycles. The van der Waals surface area contributed by atoms with Crippen LogP contribution in [-0.4, -0.2) is 30.9 Å². The molecule has 0 amide bonds. The van der Waals surface area contributed by atoms with Gasteiger partial charge in [0.05, 0.1) is 0 Å². The molecule has 0 aromatic rings. The summed E-state index contributed by atoms with van der Waals surface area (Å²) < 4.78 is 11.3. The molecular weight excluding hydrogens is 416 g/mol. The summed E-state index contributed by atoms with van der Waals surface area (Å²) in [6.07, 6.45) is 12.7. The maximum atomic E-state index is 12.6. The van der Waals surface area contributed by atoms with Crippen LogP contribution in [-0.2, 0) is 23.9 Å². The van der Waals surface area contributed by atoms with Crippen molar-refractivity contribution in [1.29, 1.82) is 0 Å². The molecule has 1 fully saturated rings. The van der Waals surface area contributed by atoms with Gasteiger partial charge >= 0.3 is 5.97 Å². The lowest BCUT2D eigenvalue weighted by molar-refractivity contribution is -0.153. The molecule has 0 bridgehead atoms. The number of hydrogen-bond donors (Lipinski definition) is 0. The second-order valence-electron chi connectivity index (χ2n) is 9.68. The van der Waals surface area contributed by atoms with Gasteiger partial charge in [-0.1, -0.05) is 77.2 Å². The Labute approximate surface area is 198 Å². The summed E-state index contributed by atoms with van der Waals surface area (Å²) in [6, 6.07) is 0. The van der Waals surface area contributed by atoms with Gasteiger partial charge in [-0.15, -0.1) is 0 Å². The molecule has 2 aliphatic carbocycles. The monoisotopic (exact) mass is 454 g/mol. The molecule has 2 aliphatic rings. The largest absolute Gasteiger partial charge is 0.464 e. The number of hydrogen-bond acceptors (Lipinski definition) is 5. The molecule has 6 atom stereocenters. The maximum absolute atomic E-state index is 12.6. The van der Waals surface area contributed by atoms with Crippen LogP contribution in [0.1, 0.15) is 59.8 Å². The molecule has 5 nitrogen and oxygen atoms in total.